The topological polar surface area (TPSA) is 70.1 Å². The van der Waals surface area contributed by atoms with E-state index in [1.54, 1.807) is 0 Å². The Morgan fingerprint density at radius 1 is 1.00 bits per heavy atom. The van der Waals surface area contributed by atoms with E-state index in [-0.39, 0.29) is 6.42 Å². The van der Waals surface area contributed by atoms with Crippen LogP contribution in [-0.4, -0.2) is 28.4 Å². The minimum absolute atomic E-state index is 0.228. The van der Waals surface area contributed by atoms with Crippen LogP contribution in [0.1, 0.15) is 58.3 Å². The minimum Gasteiger partial charge on any atom is -0.512 e. The van der Waals surface area contributed by atoms with Gasteiger partial charge in [-0.05, 0) is 44.6 Å². The molecular formula is C20H30O4. The summed E-state index contributed by atoms with van der Waals surface area (Å²) in [6.07, 6.45) is 20.7. The lowest BCUT2D eigenvalue weighted by Gasteiger charge is -1.93. The molecule has 4 nitrogen and oxygen atoms in total. The quantitative estimate of drug-likeness (QED) is 0.213. The summed E-state index contributed by atoms with van der Waals surface area (Å²) in [5.41, 5.74) is 0. The van der Waals surface area contributed by atoms with Crippen LogP contribution < -0.4 is 0 Å². The number of carboxylic acid groups (broad SMARTS) is 1. The first-order chi connectivity index (χ1) is 11.6. The SMILES string of the molecule is CC[C@H]1O[C@H]1C/C=C\C/C(O)=C\C/C=C\C/C=C\CCCC(=O)O. The molecule has 0 spiro atoms. The van der Waals surface area contributed by atoms with Crippen LogP contribution in [0.3, 0.4) is 0 Å². The van der Waals surface area contributed by atoms with E-state index in [2.05, 4.69) is 13.0 Å². The smallest absolute Gasteiger partial charge is 0.303 e. The van der Waals surface area contributed by atoms with Gasteiger partial charge in [0.2, 0.25) is 0 Å². The molecule has 4 heteroatoms. The Kier molecular flexibility index (Phi) is 10.6. The third kappa shape index (κ3) is 10.8. The highest BCUT2D eigenvalue weighted by Gasteiger charge is 2.35. The van der Waals surface area contributed by atoms with Gasteiger partial charge in [-0.15, -0.1) is 0 Å². The minimum atomic E-state index is -0.740. The highest BCUT2D eigenvalue weighted by Crippen LogP contribution is 2.28. The van der Waals surface area contributed by atoms with Gasteiger partial charge in [-0.25, -0.2) is 0 Å². The molecule has 1 aliphatic heterocycles. The van der Waals surface area contributed by atoms with E-state index in [0.29, 0.717) is 30.8 Å². The van der Waals surface area contributed by atoms with Crippen molar-refractivity contribution < 1.29 is 19.7 Å². The summed E-state index contributed by atoms with van der Waals surface area (Å²) in [5, 5.41) is 18.3. The number of carbonyl (C=O) groups is 1. The number of carboxylic acids is 1. The molecule has 24 heavy (non-hydrogen) atoms. The first-order valence-corrected chi connectivity index (χ1v) is 8.83. The van der Waals surface area contributed by atoms with E-state index in [0.717, 1.165) is 32.1 Å². The maximum absolute atomic E-state index is 10.3. The average molecular weight is 334 g/mol. The molecule has 0 radical (unpaired) electrons. The summed E-state index contributed by atoms with van der Waals surface area (Å²) >= 11 is 0. The van der Waals surface area contributed by atoms with Crippen molar-refractivity contribution >= 4 is 5.97 Å². The van der Waals surface area contributed by atoms with E-state index in [1.807, 2.05) is 36.5 Å². The fourth-order valence-electron chi connectivity index (χ4n) is 2.32. The molecule has 2 atom stereocenters. The van der Waals surface area contributed by atoms with Crippen molar-refractivity contribution in [3.8, 4) is 0 Å². The van der Waals surface area contributed by atoms with Crippen molar-refractivity contribution in [2.24, 2.45) is 0 Å². The molecule has 0 aromatic heterocycles. The lowest BCUT2D eigenvalue weighted by atomic mass is 10.2. The van der Waals surface area contributed by atoms with E-state index in [9.17, 15) is 9.90 Å². The van der Waals surface area contributed by atoms with Gasteiger partial charge in [-0.3, -0.25) is 4.79 Å². The summed E-state index contributed by atoms with van der Waals surface area (Å²) in [5.74, 6) is -0.348. The normalized spacial score (nSPS) is 21.3. The third-order valence-electron chi connectivity index (χ3n) is 3.81. The van der Waals surface area contributed by atoms with Crippen LogP contribution in [0.15, 0.2) is 48.3 Å². The van der Waals surface area contributed by atoms with Gasteiger partial charge in [0.1, 0.15) is 0 Å². The monoisotopic (exact) mass is 334 g/mol. The number of hydrogen-bond acceptors (Lipinski definition) is 3. The van der Waals surface area contributed by atoms with Crippen molar-refractivity contribution in [1.29, 1.82) is 0 Å². The summed E-state index contributed by atoms with van der Waals surface area (Å²) in [6, 6.07) is 0. The highest BCUT2D eigenvalue weighted by molar-refractivity contribution is 5.66. The van der Waals surface area contributed by atoms with Gasteiger partial charge >= 0.3 is 5.97 Å². The Morgan fingerprint density at radius 2 is 1.75 bits per heavy atom. The van der Waals surface area contributed by atoms with Gasteiger partial charge in [0.15, 0.2) is 0 Å². The van der Waals surface area contributed by atoms with Crippen molar-refractivity contribution in [1.82, 2.24) is 0 Å². The number of allylic oxidation sites excluding steroid dienone is 6. The number of epoxide rings is 1. The molecule has 0 unspecified atom stereocenters. The zero-order valence-electron chi connectivity index (χ0n) is 14.6. The molecule has 2 N–H and O–H groups in total. The molecule has 1 fully saturated rings. The second-order valence-electron chi connectivity index (χ2n) is 5.93. The number of unbranched alkanes of at least 4 members (excludes halogenated alkanes) is 1. The molecule has 1 saturated heterocycles. The van der Waals surface area contributed by atoms with Gasteiger partial charge in [0, 0.05) is 12.8 Å². The third-order valence-corrected chi connectivity index (χ3v) is 3.81. The number of aliphatic carboxylic acids is 1. The van der Waals surface area contributed by atoms with Crippen LogP contribution in [-0.2, 0) is 9.53 Å². The first kappa shape index (κ1) is 20.2. The molecule has 0 bridgehead atoms. The zero-order valence-corrected chi connectivity index (χ0v) is 14.6. The van der Waals surface area contributed by atoms with Crippen LogP contribution in [0.4, 0.5) is 0 Å². The van der Waals surface area contributed by atoms with E-state index >= 15 is 0 Å². The second kappa shape index (κ2) is 12.6. The van der Waals surface area contributed by atoms with Crippen molar-refractivity contribution in [3.05, 3.63) is 48.3 Å². The second-order valence-corrected chi connectivity index (χ2v) is 5.93. The number of rotatable bonds is 13. The predicted octanol–water partition coefficient (Wildman–Crippen LogP) is 5.09. The van der Waals surface area contributed by atoms with Crippen molar-refractivity contribution in [2.75, 3.05) is 0 Å². The molecule has 0 aromatic rings. The summed E-state index contributed by atoms with van der Waals surface area (Å²) in [7, 11) is 0. The Balaban J connectivity index is 2.01. The van der Waals surface area contributed by atoms with E-state index in [4.69, 9.17) is 9.84 Å². The lowest BCUT2D eigenvalue weighted by molar-refractivity contribution is -0.137. The number of aliphatic hydroxyl groups excluding tert-OH is 1. The number of aliphatic hydroxyl groups is 1. The highest BCUT2D eigenvalue weighted by atomic mass is 16.6. The molecule has 0 aromatic carbocycles. The Hall–Kier alpha value is -1.81. The number of ether oxygens (including phenoxy) is 1. The largest absolute Gasteiger partial charge is 0.512 e. The van der Waals surface area contributed by atoms with E-state index in [1.165, 1.54) is 0 Å². The van der Waals surface area contributed by atoms with Crippen molar-refractivity contribution in [3.63, 3.8) is 0 Å². The van der Waals surface area contributed by atoms with Crippen LogP contribution in [0.2, 0.25) is 0 Å². The predicted molar refractivity (Wildman–Crippen MR) is 97.0 cm³/mol. The summed E-state index contributed by atoms with van der Waals surface area (Å²) in [4.78, 5) is 10.3. The molecule has 134 valence electrons. The lowest BCUT2D eigenvalue weighted by Crippen LogP contribution is -1.92. The summed E-state index contributed by atoms with van der Waals surface area (Å²) < 4.78 is 5.45. The molecule has 1 rings (SSSR count). The molecule has 0 aliphatic carbocycles. The van der Waals surface area contributed by atoms with E-state index < -0.39 is 5.97 Å². The first-order valence-electron chi connectivity index (χ1n) is 8.83. The van der Waals surface area contributed by atoms with Crippen LogP contribution >= 0.6 is 0 Å². The van der Waals surface area contributed by atoms with Gasteiger partial charge in [0.05, 0.1) is 18.0 Å². The van der Waals surface area contributed by atoms with Crippen LogP contribution in [0, 0.1) is 0 Å². The molecule has 0 saturated carbocycles. The maximum Gasteiger partial charge on any atom is 0.303 e. The fraction of sp³-hybridized carbons (Fsp3) is 0.550. The Morgan fingerprint density at radius 3 is 2.46 bits per heavy atom. The molecule has 0 amide bonds. The molecule has 1 aliphatic rings. The van der Waals surface area contributed by atoms with Crippen LogP contribution in [0.5, 0.6) is 0 Å². The zero-order chi connectivity index (χ0) is 17.6. The Labute approximate surface area is 145 Å². The van der Waals surface area contributed by atoms with Crippen LogP contribution in [0.25, 0.3) is 0 Å². The molecule has 1 heterocycles. The Bertz CT molecular complexity index is 474. The van der Waals surface area contributed by atoms with Gasteiger partial charge < -0.3 is 14.9 Å². The van der Waals surface area contributed by atoms with Gasteiger partial charge in [0.25, 0.3) is 0 Å². The number of hydrogen-bond donors (Lipinski definition) is 2. The van der Waals surface area contributed by atoms with Gasteiger partial charge in [-0.1, -0.05) is 43.4 Å². The molecular weight excluding hydrogens is 304 g/mol. The average Bonchev–Trinajstić information content (AvgIpc) is 3.31. The van der Waals surface area contributed by atoms with Crippen molar-refractivity contribution in [2.45, 2.75) is 70.5 Å². The standard InChI is InChI=1S/C20H30O4/c1-2-18-19(24-18)15-12-11-14-17(21)13-9-7-5-3-4-6-8-10-16-20(22)23/h4-7,11-13,18-19,21H,2-3,8-10,14-16H2,1H3,(H,22,23)/b6-4-,7-5-,12-11-,17-13+/t18-,19+/m1/s1. The fourth-order valence-corrected chi connectivity index (χ4v) is 2.32. The maximum atomic E-state index is 10.3. The summed E-state index contributed by atoms with van der Waals surface area (Å²) in [6.45, 7) is 2.13. The van der Waals surface area contributed by atoms with Gasteiger partial charge in [-0.2, -0.15) is 0 Å².